The van der Waals surface area contributed by atoms with Gasteiger partial charge in [-0.05, 0) is 61.3 Å². The van der Waals surface area contributed by atoms with E-state index >= 15 is 0 Å². The maximum absolute atomic E-state index is 11.8. The van der Waals surface area contributed by atoms with E-state index in [4.69, 9.17) is 26.1 Å². The van der Waals surface area contributed by atoms with Crippen molar-refractivity contribution in [3.63, 3.8) is 0 Å². The van der Waals surface area contributed by atoms with Crippen LogP contribution in [0.25, 0.3) is 33.5 Å². The van der Waals surface area contributed by atoms with Gasteiger partial charge in [-0.15, -0.1) is 0 Å². The molecule has 2 aromatic carbocycles. The number of aromatic amines is 1. The Labute approximate surface area is 287 Å². The van der Waals surface area contributed by atoms with Crippen LogP contribution in [0.5, 0.6) is 6.01 Å². The number of imidazole rings is 1. The number of fused-ring (bicyclic) bond motifs is 1. The number of pyridine rings is 1. The molecule has 10 nitrogen and oxygen atoms in total. The minimum atomic E-state index is -2.93. The van der Waals surface area contributed by atoms with Crippen molar-refractivity contribution >= 4 is 38.6 Å². The quantitative estimate of drug-likeness (QED) is 0.178. The van der Waals surface area contributed by atoms with Gasteiger partial charge in [0.25, 0.3) is 6.01 Å². The highest BCUT2D eigenvalue weighted by atomic mass is 35.5. The Morgan fingerprint density at radius 3 is 2.19 bits per heavy atom. The van der Waals surface area contributed by atoms with Crippen molar-refractivity contribution in [1.29, 1.82) is 0 Å². The topological polar surface area (TPSA) is 118 Å². The maximum atomic E-state index is 11.8. The summed E-state index contributed by atoms with van der Waals surface area (Å²) in [6.07, 6.45) is 5.39. The molecule has 0 atom stereocenters. The van der Waals surface area contributed by atoms with Gasteiger partial charge in [-0.2, -0.15) is 4.98 Å². The van der Waals surface area contributed by atoms with Gasteiger partial charge >= 0.3 is 5.97 Å². The first-order chi connectivity index (χ1) is 23.1. The summed E-state index contributed by atoms with van der Waals surface area (Å²) in [6, 6.07) is 19.2. The van der Waals surface area contributed by atoms with Gasteiger partial charge in [0.1, 0.15) is 15.9 Å². The molecule has 1 aliphatic heterocycles. The second kappa shape index (κ2) is 15.4. The van der Waals surface area contributed by atoms with Gasteiger partial charge in [-0.1, -0.05) is 60.1 Å². The molecule has 1 N–H and O–H groups in total. The molecule has 6 rings (SSSR count). The third-order valence-electron chi connectivity index (χ3n) is 9.33. The van der Waals surface area contributed by atoms with E-state index in [-0.39, 0.29) is 17.8 Å². The second-order valence-electron chi connectivity index (χ2n) is 13.0. The molecule has 2 aliphatic rings. The lowest BCUT2D eigenvalue weighted by atomic mass is 9.85. The van der Waals surface area contributed by atoms with Gasteiger partial charge in [-0.25, -0.2) is 13.4 Å². The SMILES string of the molecule is CCOC(=O)CC1CCC(Oc2nc3nc(-c4ccc(-c5ccc(CN6CCN(CCS(C)(=O)=O)CC6)cc5)cc4)c(Cl)cc3[nH]2)CC1. The van der Waals surface area contributed by atoms with Crippen LogP contribution >= 0.6 is 11.6 Å². The minimum Gasteiger partial charge on any atom is -0.466 e. The summed E-state index contributed by atoms with van der Waals surface area (Å²) in [5, 5.41) is 0.533. The predicted octanol–water partition coefficient (Wildman–Crippen LogP) is 6.00. The molecule has 0 bridgehead atoms. The molecule has 48 heavy (non-hydrogen) atoms. The number of esters is 1. The van der Waals surface area contributed by atoms with Crippen molar-refractivity contribution in [2.45, 2.75) is 51.7 Å². The van der Waals surface area contributed by atoms with Crippen molar-refractivity contribution < 1.29 is 22.7 Å². The highest BCUT2D eigenvalue weighted by Gasteiger charge is 2.26. The Bertz CT molecular complexity index is 1800. The van der Waals surface area contributed by atoms with Crippen molar-refractivity contribution in [1.82, 2.24) is 24.8 Å². The molecule has 2 fully saturated rings. The van der Waals surface area contributed by atoms with Crippen LogP contribution in [0.3, 0.4) is 0 Å². The van der Waals surface area contributed by atoms with E-state index in [9.17, 15) is 13.2 Å². The first-order valence-electron chi connectivity index (χ1n) is 16.8. The van der Waals surface area contributed by atoms with Crippen LogP contribution in [-0.2, 0) is 25.9 Å². The Balaban J connectivity index is 1.03. The highest BCUT2D eigenvalue weighted by molar-refractivity contribution is 7.90. The molecule has 1 saturated carbocycles. The molecule has 0 radical (unpaired) electrons. The normalized spacial score (nSPS) is 19.4. The number of carbonyl (C=O) groups excluding carboxylic acids is 1. The zero-order valence-electron chi connectivity index (χ0n) is 27.7. The number of rotatable bonds is 12. The number of piperazine rings is 1. The number of nitrogens with zero attached hydrogens (tertiary/aromatic N) is 4. The lowest BCUT2D eigenvalue weighted by Gasteiger charge is -2.34. The fourth-order valence-electron chi connectivity index (χ4n) is 6.57. The molecule has 0 spiro atoms. The number of aromatic nitrogens is 3. The van der Waals surface area contributed by atoms with Gasteiger partial charge < -0.3 is 14.5 Å². The summed E-state index contributed by atoms with van der Waals surface area (Å²) in [7, 11) is -2.93. The van der Waals surface area contributed by atoms with Crippen LogP contribution in [0.15, 0.2) is 54.6 Å². The lowest BCUT2D eigenvalue weighted by Crippen LogP contribution is -2.47. The number of H-pyrrole nitrogens is 1. The Morgan fingerprint density at radius 2 is 1.54 bits per heavy atom. The molecule has 4 aromatic rings. The number of hydrogen-bond donors (Lipinski definition) is 1. The van der Waals surface area contributed by atoms with Crippen molar-refractivity contribution in [3.8, 4) is 28.4 Å². The summed E-state index contributed by atoms with van der Waals surface area (Å²) in [4.78, 5) is 29.1. The van der Waals surface area contributed by atoms with E-state index in [2.05, 4.69) is 56.2 Å². The van der Waals surface area contributed by atoms with Gasteiger partial charge in [0, 0.05) is 57.5 Å². The molecular weight excluding hydrogens is 650 g/mol. The summed E-state index contributed by atoms with van der Waals surface area (Å²) >= 11 is 6.70. The molecule has 256 valence electrons. The van der Waals surface area contributed by atoms with Crippen LogP contribution < -0.4 is 4.74 Å². The first-order valence-corrected chi connectivity index (χ1v) is 19.3. The number of sulfone groups is 1. The summed E-state index contributed by atoms with van der Waals surface area (Å²) < 4.78 is 34.2. The van der Waals surface area contributed by atoms with Gasteiger partial charge in [0.15, 0.2) is 5.65 Å². The number of benzene rings is 2. The smallest absolute Gasteiger partial charge is 0.306 e. The number of nitrogens with one attached hydrogen (secondary N) is 1. The fraction of sp³-hybridized carbons (Fsp3) is 0.472. The van der Waals surface area contributed by atoms with Crippen LogP contribution in [-0.4, -0.2) is 96.6 Å². The van der Waals surface area contributed by atoms with E-state index in [1.165, 1.54) is 11.8 Å². The third kappa shape index (κ3) is 9.13. The monoisotopic (exact) mass is 693 g/mol. The van der Waals surface area contributed by atoms with Crippen molar-refractivity contribution in [2.75, 3.05) is 51.3 Å². The van der Waals surface area contributed by atoms with Crippen LogP contribution in [0.4, 0.5) is 0 Å². The number of ether oxygens (including phenoxy) is 2. The summed E-state index contributed by atoms with van der Waals surface area (Å²) in [5.41, 5.74) is 6.34. The van der Waals surface area contributed by atoms with Gasteiger partial charge in [0.05, 0.1) is 28.6 Å². The Hall–Kier alpha value is -3.51. The standard InChI is InChI=1S/C36H44ClN5O5S/c1-3-46-33(43)22-25-6-14-30(15-7-25)47-36-38-32-23-31(37)34(39-35(32)40-36)29-12-10-28(11-13-29)27-8-4-26(5-9-27)24-42-18-16-41(17-19-42)20-21-48(2,44)45/h4-5,8-13,23,25,30H,3,6-7,14-22,24H2,1-2H3,(H,38,39,40). The average Bonchev–Trinajstić information content (AvgIpc) is 3.46. The van der Waals surface area contributed by atoms with Crippen LogP contribution in [0.2, 0.25) is 5.02 Å². The lowest BCUT2D eigenvalue weighted by molar-refractivity contribution is -0.144. The molecule has 0 unspecified atom stereocenters. The Kier molecular flexibility index (Phi) is 11.0. The third-order valence-corrected chi connectivity index (χ3v) is 10.5. The maximum Gasteiger partial charge on any atom is 0.306 e. The molecule has 12 heteroatoms. The molecule has 2 aromatic heterocycles. The average molecular weight is 694 g/mol. The molecule has 1 saturated heterocycles. The van der Waals surface area contributed by atoms with E-state index in [0.29, 0.717) is 47.9 Å². The summed E-state index contributed by atoms with van der Waals surface area (Å²) in [6.45, 7) is 7.39. The zero-order valence-corrected chi connectivity index (χ0v) is 29.2. The highest BCUT2D eigenvalue weighted by Crippen LogP contribution is 2.33. The number of carbonyl (C=O) groups is 1. The van der Waals surface area contributed by atoms with Crippen molar-refractivity contribution in [2.24, 2.45) is 5.92 Å². The molecule has 1 aliphatic carbocycles. The van der Waals surface area contributed by atoms with E-state index in [1.807, 2.05) is 25.1 Å². The number of hydrogen-bond acceptors (Lipinski definition) is 9. The summed E-state index contributed by atoms with van der Waals surface area (Å²) in [5.74, 6) is 0.444. The van der Waals surface area contributed by atoms with E-state index in [0.717, 1.165) is 80.6 Å². The predicted molar refractivity (Wildman–Crippen MR) is 189 cm³/mol. The largest absolute Gasteiger partial charge is 0.466 e. The van der Waals surface area contributed by atoms with Crippen LogP contribution in [0.1, 0.15) is 44.6 Å². The fourth-order valence-corrected chi connectivity index (χ4v) is 7.42. The molecular formula is C36H44ClN5O5S. The van der Waals surface area contributed by atoms with Crippen LogP contribution in [0, 0.1) is 5.92 Å². The zero-order chi connectivity index (χ0) is 33.7. The van der Waals surface area contributed by atoms with Crippen molar-refractivity contribution in [3.05, 3.63) is 65.2 Å². The Morgan fingerprint density at radius 1 is 0.917 bits per heavy atom. The molecule has 0 amide bonds. The van der Waals surface area contributed by atoms with Gasteiger partial charge in [-0.3, -0.25) is 14.6 Å². The minimum absolute atomic E-state index is 0.0385. The second-order valence-corrected chi connectivity index (χ2v) is 15.7. The van der Waals surface area contributed by atoms with E-state index < -0.39 is 9.84 Å². The molecule has 3 heterocycles. The number of halogens is 1. The van der Waals surface area contributed by atoms with E-state index in [1.54, 1.807) is 0 Å². The first kappa shape index (κ1) is 34.4. The van der Waals surface area contributed by atoms with Gasteiger partial charge in [0.2, 0.25) is 0 Å².